The fraction of sp³-hybridized carbons (Fsp3) is 0.571. The van der Waals surface area contributed by atoms with E-state index in [9.17, 15) is 9.59 Å². The van der Waals surface area contributed by atoms with Crippen molar-refractivity contribution in [2.45, 2.75) is 25.8 Å². The summed E-state index contributed by atoms with van der Waals surface area (Å²) in [6.07, 6.45) is 1.87. The lowest BCUT2D eigenvalue weighted by Crippen LogP contribution is -2.43. The van der Waals surface area contributed by atoms with E-state index < -0.39 is 11.8 Å². The second-order valence-electron chi connectivity index (χ2n) is 4.86. The largest absolute Gasteiger partial charge is 0.348 e. The zero-order valence-corrected chi connectivity index (χ0v) is 13.1. The minimum absolute atomic E-state index is 0.0774. The molecule has 1 aromatic heterocycles. The van der Waals surface area contributed by atoms with Crippen molar-refractivity contribution in [1.29, 1.82) is 0 Å². The van der Waals surface area contributed by atoms with Gasteiger partial charge in [-0.3, -0.25) is 9.59 Å². The Bertz CT molecular complexity index is 418. The second kappa shape index (κ2) is 8.71. The molecule has 1 rings (SSSR count). The van der Waals surface area contributed by atoms with Gasteiger partial charge in [-0.25, -0.2) is 0 Å². The molecule has 5 nitrogen and oxygen atoms in total. The van der Waals surface area contributed by atoms with E-state index in [1.54, 1.807) is 11.3 Å². The van der Waals surface area contributed by atoms with Gasteiger partial charge in [-0.1, -0.05) is 13.3 Å². The number of carbonyl (C=O) groups is 2. The van der Waals surface area contributed by atoms with Gasteiger partial charge in [0.1, 0.15) is 0 Å². The van der Waals surface area contributed by atoms with E-state index in [2.05, 4.69) is 16.0 Å². The number of amides is 2. The molecule has 0 aromatic carbocycles. The number of hydrogen-bond donors (Lipinski definition) is 2. The number of rotatable bonds is 7. The van der Waals surface area contributed by atoms with Gasteiger partial charge in [0.15, 0.2) is 0 Å². The van der Waals surface area contributed by atoms with Crippen LogP contribution in [0, 0.1) is 0 Å². The van der Waals surface area contributed by atoms with Crippen LogP contribution in [0.25, 0.3) is 0 Å². The van der Waals surface area contributed by atoms with Gasteiger partial charge in [0, 0.05) is 13.1 Å². The van der Waals surface area contributed by atoms with Gasteiger partial charge >= 0.3 is 11.8 Å². The normalized spacial score (nSPS) is 12.2. The standard InChI is InChI=1S/C14H23N3O2S/c1-4-5-7-15-13(18)14(19)16-9-12(17(2)3)11-6-8-20-10-11/h6,8,10,12H,4-5,7,9H2,1-3H3,(H,15,18)(H,16,19). The highest BCUT2D eigenvalue weighted by molar-refractivity contribution is 7.07. The van der Waals surface area contributed by atoms with E-state index in [1.165, 1.54) is 0 Å². The number of hydrogen-bond acceptors (Lipinski definition) is 4. The zero-order valence-electron chi connectivity index (χ0n) is 12.3. The Balaban J connectivity index is 2.43. The van der Waals surface area contributed by atoms with Crippen molar-refractivity contribution in [3.05, 3.63) is 22.4 Å². The first kappa shape index (κ1) is 16.7. The second-order valence-corrected chi connectivity index (χ2v) is 5.64. The molecular formula is C14H23N3O2S. The maximum atomic E-state index is 11.7. The van der Waals surface area contributed by atoms with E-state index in [-0.39, 0.29) is 6.04 Å². The lowest BCUT2D eigenvalue weighted by atomic mass is 10.1. The molecule has 1 aromatic rings. The molecule has 1 unspecified atom stereocenters. The van der Waals surface area contributed by atoms with Crippen molar-refractivity contribution in [2.75, 3.05) is 27.2 Å². The van der Waals surface area contributed by atoms with Crippen molar-refractivity contribution >= 4 is 23.2 Å². The monoisotopic (exact) mass is 297 g/mol. The Kier molecular flexibility index (Phi) is 7.25. The van der Waals surface area contributed by atoms with Crippen molar-refractivity contribution in [1.82, 2.24) is 15.5 Å². The zero-order chi connectivity index (χ0) is 15.0. The summed E-state index contributed by atoms with van der Waals surface area (Å²) < 4.78 is 0. The highest BCUT2D eigenvalue weighted by atomic mass is 32.1. The first-order chi connectivity index (χ1) is 9.56. The highest BCUT2D eigenvalue weighted by Crippen LogP contribution is 2.19. The number of nitrogens with one attached hydrogen (secondary N) is 2. The van der Waals surface area contributed by atoms with Crippen LogP contribution < -0.4 is 10.6 Å². The predicted octanol–water partition coefficient (Wildman–Crippen LogP) is 1.38. The molecule has 0 aliphatic heterocycles. The third-order valence-electron chi connectivity index (χ3n) is 3.03. The van der Waals surface area contributed by atoms with Crippen LogP contribution in [0.4, 0.5) is 0 Å². The summed E-state index contributed by atoms with van der Waals surface area (Å²) >= 11 is 1.62. The molecule has 0 saturated carbocycles. The summed E-state index contributed by atoms with van der Waals surface area (Å²) in [6, 6.07) is 2.11. The average Bonchev–Trinajstić information content (AvgIpc) is 2.92. The number of carbonyl (C=O) groups excluding carboxylic acids is 2. The lowest BCUT2D eigenvalue weighted by Gasteiger charge is -2.23. The van der Waals surface area contributed by atoms with Crippen LogP contribution in [0.2, 0.25) is 0 Å². The third kappa shape index (κ3) is 5.30. The average molecular weight is 297 g/mol. The molecule has 0 bridgehead atoms. The minimum atomic E-state index is -0.566. The summed E-state index contributed by atoms with van der Waals surface area (Å²) in [6.45, 7) is 3.00. The van der Waals surface area contributed by atoms with Gasteiger partial charge in [-0.2, -0.15) is 11.3 Å². The van der Waals surface area contributed by atoms with Gasteiger partial charge in [-0.15, -0.1) is 0 Å². The molecule has 1 heterocycles. The Morgan fingerprint density at radius 1 is 1.30 bits per heavy atom. The predicted molar refractivity (Wildman–Crippen MR) is 81.7 cm³/mol. The van der Waals surface area contributed by atoms with E-state index in [0.717, 1.165) is 18.4 Å². The van der Waals surface area contributed by atoms with Gasteiger partial charge in [0.25, 0.3) is 0 Å². The summed E-state index contributed by atoms with van der Waals surface area (Å²) in [7, 11) is 3.91. The summed E-state index contributed by atoms with van der Waals surface area (Å²) in [5.74, 6) is -1.12. The highest BCUT2D eigenvalue weighted by Gasteiger charge is 2.18. The summed E-state index contributed by atoms with van der Waals surface area (Å²) in [5.41, 5.74) is 1.15. The van der Waals surface area contributed by atoms with Crippen molar-refractivity contribution in [3.8, 4) is 0 Å². The molecule has 112 valence electrons. The van der Waals surface area contributed by atoms with Crippen molar-refractivity contribution in [3.63, 3.8) is 0 Å². The molecule has 20 heavy (non-hydrogen) atoms. The van der Waals surface area contributed by atoms with Crippen molar-refractivity contribution < 1.29 is 9.59 Å². The number of nitrogens with zero attached hydrogens (tertiary/aromatic N) is 1. The molecule has 2 amide bonds. The first-order valence-corrected chi connectivity index (χ1v) is 7.75. The van der Waals surface area contributed by atoms with E-state index in [4.69, 9.17) is 0 Å². The van der Waals surface area contributed by atoms with Crippen LogP contribution in [0.3, 0.4) is 0 Å². The number of unbranched alkanes of at least 4 members (excludes halogenated alkanes) is 1. The van der Waals surface area contributed by atoms with Crippen LogP contribution >= 0.6 is 11.3 Å². The van der Waals surface area contributed by atoms with E-state index in [0.29, 0.717) is 13.1 Å². The van der Waals surface area contributed by atoms with E-state index in [1.807, 2.05) is 37.4 Å². The van der Waals surface area contributed by atoms with Crippen LogP contribution in [0.1, 0.15) is 31.4 Å². The Hall–Kier alpha value is -1.40. The maximum Gasteiger partial charge on any atom is 0.309 e. The minimum Gasteiger partial charge on any atom is -0.348 e. The smallest absolute Gasteiger partial charge is 0.309 e. The molecular weight excluding hydrogens is 274 g/mol. The number of thiophene rings is 1. The van der Waals surface area contributed by atoms with Crippen LogP contribution in [-0.4, -0.2) is 43.9 Å². The molecule has 2 N–H and O–H groups in total. The Labute approximate surface area is 124 Å². The lowest BCUT2D eigenvalue weighted by molar-refractivity contribution is -0.139. The molecule has 0 saturated heterocycles. The van der Waals surface area contributed by atoms with Crippen LogP contribution in [-0.2, 0) is 9.59 Å². The number of likely N-dealkylation sites (N-methyl/N-ethyl adjacent to an activating group) is 1. The Morgan fingerprint density at radius 2 is 2.00 bits per heavy atom. The fourth-order valence-electron chi connectivity index (χ4n) is 1.79. The van der Waals surface area contributed by atoms with Gasteiger partial charge in [0.2, 0.25) is 0 Å². The van der Waals surface area contributed by atoms with Gasteiger partial charge in [-0.05, 0) is 42.9 Å². The maximum absolute atomic E-state index is 11.7. The van der Waals surface area contributed by atoms with Gasteiger partial charge < -0.3 is 15.5 Å². The molecule has 0 fully saturated rings. The third-order valence-corrected chi connectivity index (χ3v) is 3.73. The first-order valence-electron chi connectivity index (χ1n) is 6.80. The molecule has 1 atom stereocenters. The molecule has 0 aliphatic carbocycles. The molecule has 0 radical (unpaired) electrons. The SMILES string of the molecule is CCCCNC(=O)C(=O)NCC(c1ccsc1)N(C)C. The van der Waals surface area contributed by atoms with Gasteiger partial charge in [0.05, 0.1) is 6.04 Å². The van der Waals surface area contributed by atoms with Crippen LogP contribution in [0.15, 0.2) is 16.8 Å². The molecule has 0 aliphatic rings. The van der Waals surface area contributed by atoms with E-state index >= 15 is 0 Å². The molecule has 6 heteroatoms. The Morgan fingerprint density at radius 3 is 2.55 bits per heavy atom. The van der Waals surface area contributed by atoms with Crippen LogP contribution in [0.5, 0.6) is 0 Å². The fourth-order valence-corrected chi connectivity index (χ4v) is 2.50. The topological polar surface area (TPSA) is 61.4 Å². The summed E-state index contributed by atoms with van der Waals surface area (Å²) in [5, 5.41) is 9.36. The molecule has 0 spiro atoms. The van der Waals surface area contributed by atoms with Crippen molar-refractivity contribution in [2.24, 2.45) is 0 Å². The summed E-state index contributed by atoms with van der Waals surface area (Å²) in [4.78, 5) is 25.3. The quantitative estimate of drug-likeness (QED) is 0.590.